The van der Waals surface area contributed by atoms with Crippen LogP contribution >= 0.6 is 12.2 Å². The molecule has 0 amide bonds. The number of benzene rings is 1. The Bertz CT molecular complexity index is 522. The van der Waals surface area contributed by atoms with Crippen molar-refractivity contribution >= 4 is 22.9 Å². The molecular weight excluding hydrogens is 280 g/mol. The highest BCUT2D eigenvalue weighted by Crippen LogP contribution is 2.31. The van der Waals surface area contributed by atoms with E-state index in [9.17, 15) is 8.78 Å². The average molecular weight is 297 g/mol. The zero-order chi connectivity index (χ0) is 14.3. The lowest BCUT2D eigenvalue weighted by Crippen LogP contribution is -2.28. The van der Waals surface area contributed by atoms with Crippen LogP contribution in [0.25, 0.3) is 0 Å². The molecule has 20 heavy (non-hydrogen) atoms. The molecule has 2 fully saturated rings. The molecule has 1 heterocycles. The molecule has 2 aliphatic rings. The van der Waals surface area contributed by atoms with E-state index in [0.29, 0.717) is 6.04 Å². The van der Waals surface area contributed by atoms with E-state index in [-0.39, 0.29) is 22.3 Å². The summed E-state index contributed by atoms with van der Waals surface area (Å²) in [4.78, 5) is 2.38. The molecule has 1 aliphatic carbocycles. The molecule has 1 aliphatic heterocycles. The van der Waals surface area contributed by atoms with Crippen molar-refractivity contribution in [3.05, 3.63) is 29.3 Å². The second-order valence-electron chi connectivity index (χ2n) is 5.54. The van der Waals surface area contributed by atoms with Crippen LogP contribution in [0.4, 0.5) is 14.5 Å². The van der Waals surface area contributed by atoms with Crippen LogP contribution in [-0.4, -0.2) is 35.1 Å². The van der Waals surface area contributed by atoms with Gasteiger partial charge in [0.25, 0.3) is 0 Å². The molecule has 1 saturated carbocycles. The summed E-state index contributed by atoms with van der Waals surface area (Å²) in [5, 5.41) is 2.98. The molecular formula is C14H17F2N3S. The SMILES string of the molecule is NC(=S)c1cc(F)c(NC2CCN(C3CC3)C2)c(F)c1. The number of rotatable bonds is 4. The third-order valence-electron chi connectivity index (χ3n) is 3.96. The van der Waals surface area contributed by atoms with E-state index >= 15 is 0 Å². The first-order valence-corrected chi connectivity index (χ1v) is 7.25. The first-order valence-electron chi connectivity index (χ1n) is 6.84. The average Bonchev–Trinajstić information content (AvgIpc) is 3.14. The molecule has 3 rings (SSSR count). The highest BCUT2D eigenvalue weighted by molar-refractivity contribution is 7.80. The fourth-order valence-corrected chi connectivity index (χ4v) is 2.85. The van der Waals surface area contributed by atoms with Crippen LogP contribution in [0.2, 0.25) is 0 Å². The number of halogens is 2. The van der Waals surface area contributed by atoms with Crippen molar-refractivity contribution in [2.45, 2.75) is 31.3 Å². The zero-order valence-corrected chi connectivity index (χ0v) is 11.9. The largest absolute Gasteiger partial charge is 0.389 e. The van der Waals surface area contributed by atoms with Gasteiger partial charge in [0.05, 0.1) is 0 Å². The lowest BCUT2D eigenvalue weighted by atomic mass is 10.1. The number of anilines is 1. The first-order chi connectivity index (χ1) is 9.54. The summed E-state index contributed by atoms with van der Waals surface area (Å²) in [6.45, 7) is 1.84. The Kier molecular flexibility index (Phi) is 3.60. The molecule has 0 aromatic heterocycles. The minimum atomic E-state index is -0.641. The van der Waals surface area contributed by atoms with E-state index in [2.05, 4.69) is 10.2 Å². The summed E-state index contributed by atoms with van der Waals surface area (Å²) in [6.07, 6.45) is 3.41. The van der Waals surface area contributed by atoms with Crippen molar-refractivity contribution in [2.75, 3.05) is 18.4 Å². The molecule has 3 N–H and O–H groups in total. The van der Waals surface area contributed by atoms with Gasteiger partial charge in [0.1, 0.15) is 22.3 Å². The Hall–Kier alpha value is -1.27. The van der Waals surface area contributed by atoms with Crippen molar-refractivity contribution in [1.29, 1.82) is 0 Å². The van der Waals surface area contributed by atoms with Gasteiger partial charge in [0, 0.05) is 30.7 Å². The normalized spacial score (nSPS) is 23.0. The maximum absolute atomic E-state index is 14.0. The number of nitrogens with two attached hydrogens (primary N) is 1. The molecule has 1 saturated heterocycles. The smallest absolute Gasteiger partial charge is 0.150 e. The van der Waals surface area contributed by atoms with Gasteiger partial charge >= 0.3 is 0 Å². The summed E-state index contributed by atoms with van der Waals surface area (Å²) in [6, 6.07) is 3.15. The van der Waals surface area contributed by atoms with Gasteiger partial charge in [-0.3, -0.25) is 4.90 Å². The minimum Gasteiger partial charge on any atom is -0.389 e. The molecule has 1 unspecified atom stereocenters. The number of nitrogens with zero attached hydrogens (tertiary/aromatic N) is 1. The third-order valence-corrected chi connectivity index (χ3v) is 4.19. The van der Waals surface area contributed by atoms with E-state index in [4.69, 9.17) is 18.0 Å². The fourth-order valence-electron chi connectivity index (χ4n) is 2.73. The van der Waals surface area contributed by atoms with E-state index in [1.165, 1.54) is 25.0 Å². The topological polar surface area (TPSA) is 41.3 Å². The van der Waals surface area contributed by atoms with Crippen LogP contribution in [0, 0.1) is 11.6 Å². The third kappa shape index (κ3) is 2.76. The Morgan fingerprint density at radius 2 is 1.90 bits per heavy atom. The van der Waals surface area contributed by atoms with Crippen molar-refractivity contribution in [2.24, 2.45) is 5.73 Å². The fraction of sp³-hybridized carbons (Fsp3) is 0.500. The van der Waals surface area contributed by atoms with Crippen LogP contribution in [-0.2, 0) is 0 Å². The van der Waals surface area contributed by atoms with Crippen LogP contribution in [0.5, 0.6) is 0 Å². The summed E-state index contributed by atoms with van der Waals surface area (Å²) in [7, 11) is 0. The van der Waals surface area contributed by atoms with Gasteiger partial charge in [-0.1, -0.05) is 12.2 Å². The maximum Gasteiger partial charge on any atom is 0.150 e. The van der Waals surface area contributed by atoms with E-state index < -0.39 is 11.6 Å². The van der Waals surface area contributed by atoms with Crippen molar-refractivity contribution in [3.63, 3.8) is 0 Å². The van der Waals surface area contributed by atoms with E-state index in [1.807, 2.05) is 0 Å². The molecule has 3 nitrogen and oxygen atoms in total. The number of likely N-dealkylation sites (tertiary alicyclic amines) is 1. The molecule has 6 heteroatoms. The van der Waals surface area contributed by atoms with Gasteiger partial charge in [-0.15, -0.1) is 0 Å². The summed E-state index contributed by atoms with van der Waals surface area (Å²) in [5.74, 6) is -1.28. The second kappa shape index (κ2) is 5.26. The van der Waals surface area contributed by atoms with Gasteiger partial charge in [-0.2, -0.15) is 0 Å². The molecule has 108 valence electrons. The van der Waals surface area contributed by atoms with Gasteiger partial charge in [0.2, 0.25) is 0 Å². The number of hydrogen-bond acceptors (Lipinski definition) is 3. The maximum atomic E-state index is 14.0. The summed E-state index contributed by atoms with van der Waals surface area (Å²) in [5.41, 5.74) is 5.53. The monoisotopic (exact) mass is 297 g/mol. The molecule has 1 aromatic carbocycles. The van der Waals surface area contributed by atoms with Crippen LogP contribution in [0.1, 0.15) is 24.8 Å². The Balaban J connectivity index is 1.72. The Labute approximate surface area is 122 Å². The predicted octanol–water partition coefficient (Wildman–Crippen LogP) is 2.25. The second-order valence-corrected chi connectivity index (χ2v) is 5.98. The molecule has 1 atom stereocenters. The van der Waals surface area contributed by atoms with E-state index in [1.54, 1.807) is 0 Å². The first kappa shape index (κ1) is 13.7. The lowest BCUT2D eigenvalue weighted by molar-refractivity contribution is 0.326. The highest BCUT2D eigenvalue weighted by Gasteiger charge is 2.34. The van der Waals surface area contributed by atoms with Gasteiger partial charge < -0.3 is 11.1 Å². The predicted molar refractivity (Wildman–Crippen MR) is 78.9 cm³/mol. The van der Waals surface area contributed by atoms with Crippen molar-refractivity contribution in [1.82, 2.24) is 4.90 Å². The Morgan fingerprint density at radius 1 is 1.25 bits per heavy atom. The molecule has 0 radical (unpaired) electrons. The van der Waals surface area contributed by atoms with Crippen LogP contribution < -0.4 is 11.1 Å². The number of thiocarbonyl (C=S) groups is 1. The van der Waals surface area contributed by atoms with E-state index in [0.717, 1.165) is 19.5 Å². The summed E-state index contributed by atoms with van der Waals surface area (Å²) < 4.78 is 27.9. The van der Waals surface area contributed by atoms with Crippen molar-refractivity contribution in [3.8, 4) is 0 Å². The highest BCUT2D eigenvalue weighted by atomic mass is 32.1. The quantitative estimate of drug-likeness (QED) is 0.837. The standard InChI is InChI=1S/C14H17F2N3S/c15-11-5-8(14(17)20)6-12(16)13(11)18-9-3-4-19(7-9)10-1-2-10/h5-6,9-10,18H,1-4,7H2,(H2,17,20). The van der Waals surface area contributed by atoms with Crippen LogP contribution in [0.15, 0.2) is 12.1 Å². The van der Waals surface area contributed by atoms with Gasteiger partial charge in [-0.25, -0.2) is 8.78 Å². The molecule has 0 spiro atoms. The van der Waals surface area contributed by atoms with Crippen LogP contribution in [0.3, 0.4) is 0 Å². The van der Waals surface area contributed by atoms with Crippen molar-refractivity contribution < 1.29 is 8.78 Å². The minimum absolute atomic E-state index is 0.00451. The number of hydrogen-bond donors (Lipinski definition) is 2. The molecule has 1 aromatic rings. The number of nitrogens with one attached hydrogen (secondary N) is 1. The zero-order valence-electron chi connectivity index (χ0n) is 11.0. The lowest BCUT2D eigenvalue weighted by Gasteiger charge is -2.18. The molecule has 0 bridgehead atoms. The van der Waals surface area contributed by atoms with Gasteiger partial charge in [0.15, 0.2) is 0 Å². The Morgan fingerprint density at radius 3 is 2.45 bits per heavy atom. The summed E-state index contributed by atoms with van der Waals surface area (Å²) >= 11 is 4.74. The van der Waals surface area contributed by atoms with Gasteiger partial charge in [-0.05, 0) is 31.4 Å².